The highest BCUT2D eigenvalue weighted by Gasteiger charge is 2.11. The van der Waals surface area contributed by atoms with Crippen LogP contribution in [0.2, 0.25) is 0 Å². The fourth-order valence-corrected chi connectivity index (χ4v) is 2.11. The molecule has 5 nitrogen and oxygen atoms in total. The molecule has 1 atom stereocenters. The Hall–Kier alpha value is -2.66. The molecule has 5 heteroatoms. The molecular weight excluding hydrogens is 278 g/mol. The van der Waals surface area contributed by atoms with E-state index < -0.39 is 0 Å². The van der Waals surface area contributed by atoms with Crippen LogP contribution in [0, 0.1) is 0 Å². The van der Waals surface area contributed by atoms with Gasteiger partial charge in [0.15, 0.2) is 6.54 Å². The Kier molecular flexibility index (Phi) is 5.68. The molecule has 0 radical (unpaired) electrons. The van der Waals surface area contributed by atoms with E-state index in [1.807, 2.05) is 43.4 Å². The topological polar surface area (TPSA) is 62.6 Å². The number of likely N-dealkylation sites (N-methyl/N-ethyl adjacent to an activating group) is 1. The van der Waals surface area contributed by atoms with Gasteiger partial charge in [0.2, 0.25) is 0 Å². The minimum Gasteiger partial charge on any atom is -0.326 e. The maximum Gasteiger partial charge on any atom is 0.293 e. The first-order valence-electron chi connectivity index (χ1n) is 7.14. The maximum absolute atomic E-state index is 11.8. The number of quaternary nitrogens is 1. The third-order valence-electron chi connectivity index (χ3n) is 3.16. The second-order valence-corrected chi connectivity index (χ2v) is 5.16. The number of carbonyl (C=O) groups excluding carboxylic acids is 2. The van der Waals surface area contributed by atoms with Gasteiger partial charge < -0.3 is 4.90 Å². The quantitative estimate of drug-likeness (QED) is 0.689. The van der Waals surface area contributed by atoms with Crippen LogP contribution >= 0.6 is 0 Å². The number of rotatable bonds is 5. The number of carbonyl (C=O) groups is 2. The molecule has 0 heterocycles. The van der Waals surface area contributed by atoms with Gasteiger partial charge in [0.1, 0.15) is 6.54 Å². The summed E-state index contributed by atoms with van der Waals surface area (Å²) in [6.07, 6.45) is 0. The molecule has 3 N–H and O–H groups in total. The SMILES string of the molecule is C[NH+](CC(=O)NNC(=O)c1ccccc1)Cc1ccccc1. The zero-order valence-electron chi connectivity index (χ0n) is 12.5. The summed E-state index contributed by atoms with van der Waals surface area (Å²) in [5.41, 5.74) is 6.53. The molecule has 2 amide bonds. The molecule has 0 spiro atoms. The molecule has 2 aromatic carbocycles. The van der Waals surface area contributed by atoms with Crippen molar-refractivity contribution in [2.45, 2.75) is 6.54 Å². The standard InChI is InChI=1S/C17H19N3O2/c1-20(12-14-8-4-2-5-9-14)13-16(21)18-19-17(22)15-10-6-3-7-11-15/h2-11H,12-13H2,1H3,(H,18,21)(H,19,22)/p+1. The van der Waals surface area contributed by atoms with Gasteiger partial charge in [-0.1, -0.05) is 48.5 Å². The Morgan fingerprint density at radius 2 is 1.50 bits per heavy atom. The van der Waals surface area contributed by atoms with Gasteiger partial charge in [0.05, 0.1) is 7.05 Å². The Morgan fingerprint density at radius 3 is 2.14 bits per heavy atom. The highest BCUT2D eigenvalue weighted by Crippen LogP contribution is 1.96. The van der Waals surface area contributed by atoms with E-state index in [2.05, 4.69) is 10.9 Å². The van der Waals surface area contributed by atoms with Crippen molar-refractivity contribution >= 4 is 11.8 Å². The number of hydrazine groups is 1. The molecule has 0 fully saturated rings. The molecule has 0 aliphatic heterocycles. The van der Waals surface area contributed by atoms with E-state index in [-0.39, 0.29) is 18.4 Å². The first-order chi connectivity index (χ1) is 10.6. The van der Waals surface area contributed by atoms with E-state index in [1.165, 1.54) is 5.56 Å². The van der Waals surface area contributed by atoms with Gasteiger partial charge in [-0.15, -0.1) is 0 Å². The zero-order valence-corrected chi connectivity index (χ0v) is 12.5. The second kappa shape index (κ2) is 7.95. The lowest BCUT2D eigenvalue weighted by Crippen LogP contribution is -3.09. The lowest BCUT2D eigenvalue weighted by molar-refractivity contribution is -0.885. The van der Waals surface area contributed by atoms with Crippen molar-refractivity contribution in [1.82, 2.24) is 10.9 Å². The van der Waals surface area contributed by atoms with Crippen LogP contribution in [0.15, 0.2) is 60.7 Å². The number of hydrogen-bond acceptors (Lipinski definition) is 2. The third-order valence-corrected chi connectivity index (χ3v) is 3.16. The van der Waals surface area contributed by atoms with Crippen molar-refractivity contribution in [2.75, 3.05) is 13.6 Å². The number of hydrogen-bond donors (Lipinski definition) is 3. The predicted octanol–water partition coefficient (Wildman–Crippen LogP) is 0.163. The van der Waals surface area contributed by atoms with Crippen LogP contribution in [0.25, 0.3) is 0 Å². The highest BCUT2D eigenvalue weighted by atomic mass is 16.2. The fourth-order valence-electron chi connectivity index (χ4n) is 2.11. The van der Waals surface area contributed by atoms with Crippen LogP contribution in [-0.2, 0) is 11.3 Å². The summed E-state index contributed by atoms with van der Waals surface area (Å²) < 4.78 is 0. The van der Waals surface area contributed by atoms with Crippen molar-refractivity contribution in [3.63, 3.8) is 0 Å². The Labute approximate surface area is 129 Å². The molecular formula is C17H20N3O2+. The Morgan fingerprint density at radius 1 is 0.909 bits per heavy atom. The van der Waals surface area contributed by atoms with Crippen molar-refractivity contribution in [2.24, 2.45) is 0 Å². The van der Waals surface area contributed by atoms with Crippen LogP contribution < -0.4 is 15.8 Å². The van der Waals surface area contributed by atoms with Gasteiger partial charge in [-0.3, -0.25) is 20.4 Å². The maximum atomic E-state index is 11.8. The molecule has 0 saturated carbocycles. The van der Waals surface area contributed by atoms with Crippen LogP contribution in [-0.4, -0.2) is 25.4 Å². The first-order valence-corrected chi connectivity index (χ1v) is 7.14. The Bertz CT molecular complexity index is 614. The van der Waals surface area contributed by atoms with Gasteiger partial charge in [0.25, 0.3) is 11.8 Å². The van der Waals surface area contributed by atoms with E-state index in [1.54, 1.807) is 24.3 Å². The van der Waals surface area contributed by atoms with Gasteiger partial charge >= 0.3 is 0 Å². The summed E-state index contributed by atoms with van der Waals surface area (Å²) in [6.45, 7) is 1.03. The number of amides is 2. The number of nitrogens with one attached hydrogen (secondary N) is 3. The summed E-state index contributed by atoms with van der Waals surface area (Å²) in [5.74, 6) is -0.549. The largest absolute Gasteiger partial charge is 0.326 e. The van der Waals surface area contributed by atoms with E-state index in [9.17, 15) is 9.59 Å². The normalized spacial score (nSPS) is 11.5. The molecule has 2 aromatic rings. The fraction of sp³-hybridized carbons (Fsp3) is 0.176. The lowest BCUT2D eigenvalue weighted by Gasteiger charge is -2.14. The third kappa shape index (κ3) is 5.03. The van der Waals surface area contributed by atoms with Crippen LogP contribution in [0.4, 0.5) is 0 Å². The van der Waals surface area contributed by atoms with Gasteiger partial charge in [-0.25, -0.2) is 0 Å². The van der Waals surface area contributed by atoms with Gasteiger partial charge in [0, 0.05) is 11.1 Å². The van der Waals surface area contributed by atoms with E-state index in [0.29, 0.717) is 5.56 Å². The average Bonchev–Trinajstić information content (AvgIpc) is 2.54. The molecule has 2 rings (SSSR count). The summed E-state index contributed by atoms with van der Waals surface area (Å²) in [7, 11) is 1.94. The van der Waals surface area contributed by atoms with E-state index >= 15 is 0 Å². The molecule has 0 saturated heterocycles. The van der Waals surface area contributed by atoms with Crippen molar-refractivity contribution < 1.29 is 14.5 Å². The molecule has 114 valence electrons. The minimum absolute atomic E-state index is 0.224. The summed E-state index contributed by atoms with van der Waals surface area (Å²) in [4.78, 5) is 24.7. The highest BCUT2D eigenvalue weighted by molar-refractivity contribution is 5.95. The summed E-state index contributed by atoms with van der Waals surface area (Å²) in [5, 5.41) is 0. The van der Waals surface area contributed by atoms with Crippen molar-refractivity contribution in [3.8, 4) is 0 Å². The molecule has 22 heavy (non-hydrogen) atoms. The minimum atomic E-state index is -0.324. The monoisotopic (exact) mass is 298 g/mol. The Balaban J connectivity index is 1.75. The van der Waals surface area contributed by atoms with Crippen LogP contribution in [0.1, 0.15) is 15.9 Å². The summed E-state index contributed by atoms with van der Waals surface area (Å²) in [6, 6.07) is 18.7. The molecule has 0 bridgehead atoms. The van der Waals surface area contributed by atoms with E-state index in [4.69, 9.17) is 0 Å². The zero-order chi connectivity index (χ0) is 15.8. The van der Waals surface area contributed by atoms with Gasteiger partial charge in [-0.05, 0) is 12.1 Å². The van der Waals surface area contributed by atoms with Gasteiger partial charge in [-0.2, -0.15) is 0 Å². The smallest absolute Gasteiger partial charge is 0.293 e. The molecule has 0 aromatic heterocycles. The van der Waals surface area contributed by atoms with E-state index in [0.717, 1.165) is 11.4 Å². The lowest BCUT2D eigenvalue weighted by atomic mass is 10.2. The van der Waals surface area contributed by atoms with Crippen LogP contribution in [0.5, 0.6) is 0 Å². The van der Waals surface area contributed by atoms with Crippen molar-refractivity contribution in [1.29, 1.82) is 0 Å². The van der Waals surface area contributed by atoms with Crippen LogP contribution in [0.3, 0.4) is 0 Å². The average molecular weight is 298 g/mol. The molecule has 1 unspecified atom stereocenters. The summed E-state index contributed by atoms with van der Waals surface area (Å²) >= 11 is 0. The molecule has 0 aliphatic rings. The first kappa shape index (κ1) is 15.7. The van der Waals surface area contributed by atoms with Crippen molar-refractivity contribution in [3.05, 3.63) is 71.8 Å². The predicted molar refractivity (Wildman–Crippen MR) is 84.0 cm³/mol. The molecule has 0 aliphatic carbocycles. The second-order valence-electron chi connectivity index (χ2n) is 5.16. The number of benzene rings is 2.